The molecule has 0 saturated heterocycles. The second kappa shape index (κ2) is 9.89. The molecule has 0 aliphatic rings. The number of aromatic nitrogens is 1. The van der Waals surface area contributed by atoms with Gasteiger partial charge in [-0.25, -0.2) is 0 Å². The van der Waals surface area contributed by atoms with Crippen LogP contribution in [0.1, 0.15) is 30.5 Å². The van der Waals surface area contributed by atoms with Gasteiger partial charge >= 0.3 is 0 Å². The van der Waals surface area contributed by atoms with E-state index in [9.17, 15) is 14.4 Å². The second-order valence-corrected chi connectivity index (χ2v) is 7.30. The molecule has 0 bridgehead atoms. The van der Waals surface area contributed by atoms with Crippen LogP contribution >= 0.6 is 11.6 Å². The van der Waals surface area contributed by atoms with Crippen LogP contribution in [0.25, 0.3) is 0 Å². The molecule has 0 fully saturated rings. The molecule has 1 atom stereocenters. The van der Waals surface area contributed by atoms with Crippen molar-refractivity contribution in [1.82, 2.24) is 9.88 Å². The topological polar surface area (TPSA) is 80.2 Å². The Kier molecular flexibility index (Phi) is 7.03. The van der Waals surface area contributed by atoms with Crippen molar-refractivity contribution in [2.75, 3.05) is 5.32 Å². The van der Waals surface area contributed by atoms with E-state index in [1.54, 1.807) is 18.3 Å². The van der Waals surface area contributed by atoms with Gasteiger partial charge in [0.25, 0.3) is 5.56 Å². The minimum Gasteiger partial charge on any atom is -0.349 e. The Morgan fingerprint density at radius 2 is 1.70 bits per heavy atom. The Morgan fingerprint density at radius 1 is 1.00 bits per heavy atom. The van der Waals surface area contributed by atoms with Gasteiger partial charge in [-0.15, -0.1) is 0 Å². The van der Waals surface area contributed by atoms with Gasteiger partial charge in [0.1, 0.15) is 0 Å². The summed E-state index contributed by atoms with van der Waals surface area (Å²) in [6.07, 6.45) is 1.65. The average molecular weight is 424 g/mol. The molecule has 2 aromatic carbocycles. The van der Waals surface area contributed by atoms with Gasteiger partial charge in [0, 0.05) is 24.2 Å². The van der Waals surface area contributed by atoms with Crippen LogP contribution in [0.4, 0.5) is 5.69 Å². The monoisotopic (exact) mass is 423 g/mol. The van der Waals surface area contributed by atoms with Crippen molar-refractivity contribution in [3.05, 3.63) is 99.4 Å². The Balaban J connectivity index is 1.73. The summed E-state index contributed by atoms with van der Waals surface area (Å²) in [4.78, 5) is 36.4. The number of carbonyl (C=O) groups excluding carboxylic acids is 2. The average Bonchev–Trinajstić information content (AvgIpc) is 2.72. The van der Waals surface area contributed by atoms with Crippen LogP contribution in [-0.2, 0) is 16.1 Å². The summed E-state index contributed by atoms with van der Waals surface area (Å²) >= 11 is 6.19. The highest BCUT2D eigenvalue weighted by molar-refractivity contribution is 6.31. The molecule has 1 unspecified atom stereocenters. The van der Waals surface area contributed by atoms with Gasteiger partial charge in [-0.3, -0.25) is 14.4 Å². The molecule has 3 rings (SSSR count). The van der Waals surface area contributed by atoms with Gasteiger partial charge in [-0.2, -0.15) is 0 Å². The molecule has 0 spiro atoms. The van der Waals surface area contributed by atoms with Crippen molar-refractivity contribution in [2.45, 2.75) is 25.9 Å². The first-order valence-electron chi connectivity index (χ1n) is 9.48. The van der Waals surface area contributed by atoms with E-state index in [1.807, 2.05) is 48.5 Å². The molecule has 0 aliphatic heterocycles. The van der Waals surface area contributed by atoms with E-state index >= 15 is 0 Å². The van der Waals surface area contributed by atoms with Crippen molar-refractivity contribution < 1.29 is 9.59 Å². The number of pyridine rings is 1. The summed E-state index contributed by atoms with van der Waals surface area (Å²) in [7, 11) is 0. The Labute approximate surface area is 179 Å². The SMILES string of the molecule is CC(=O)NC(CC(=O)Nc1ccc(=O)n(Cc2ccccc2Cl)c1)c1ccccc1. The summed E-state index contributed by atoms with van der Waals surface area (Å²) in [5.74, 6) is -0.495. The first-order valence-corrected chi connectivity index (χ1v) is 9.86. The van der Waals surface area contributed by atoms with Crippen LogP contribution in [0.5, 0.6) is 0 Å². The van der Waals surface area contributed by atoms with Crippen molar-refractivity contribution in [1.29, 1.82) is 0 Å². The summed E-state index contributed by atoms with van der Waals surface area (Å²) in [6, 6.07) is 19.1. The molecule has 154 valence electrons. The molecular formula is C23H22ClN3O3. The molecule has 3 aromatic rings. The zero-order valence-electron chi connectivity index (χ0n) is 16.5. The Bertz CT molecular complexity index is 1100. The summed E-state index contributed by atoms with van der Waals surface area (Å²) in [5.41, 5.74) is 1.93. The second-order valence-electron chi connectivity index (χ2n) is 6.89. The van der Waals surface area contributed by atoms with Gasteiger partial charge in [-0.05, 0) is 23.3 Å². The normalized spacial score (nSPS) is 11.5. The number of amides is 2. The number of rotatable bonds is 7. The van der Waals surface area contributed by atoms with Gasteiger partial charge in [0.15, 0.2) is 0 Å². The highest BCUT2D eigenvalue weighted by Crippen LogP contribution is 2.19. The number of benzene rings is 2. The Morgan fingerprint density at radius 3 is 2.40 bits per heavy atom. The third-order valence-corrected chi connectivity index (χ3v) is 4.90. The molecule has 6 nitrogen and oxygen atoms in total. The van der Waals surface area contributed by atoms with E-state index in [-0.39, 0.29) is 23.8 Å². The lowest BCUT2D eigenvalue weighted by atomic mass is 10.0. The number of hydrogen-bond acceptors (Lipinski definition) is 3. The van der Waals surface area contributed by atoms with Gasteiger partial charge in [-0.1, -0.05) is 60.1 Å². The fourth-order valence-electron chi connectivity index (χ4n) is 3.12. The quantitative estimate of drug-likeness (QED) is 0.607. The van der Waals surface area contributed by atoms with Crippen LogP contribution in [0.15, 0.2) is 77.7 Å². The zero-order chi connectivity index (χ0) is 21.5. The van der Waals surface area contributed by atoms with Crippen molar-refractivity contribution in [3.8, 4) is 0 Å². The highest BCUT2D eigenvalue weighted by atomic mass is 35.5. The molecule has 1 aromatic heterocycles. The van der Waals surface area contributed by atoms with E-state index in [1.165, 1.54) is 17.6 Å². The molecule has 2 N–H and O–H groups in total. The number of nitrogens with one attached hydrogen (secondary N) is 2. The van der Waals surface area contributed by atoms with Crippen molar-refractivity contribution in [2.24, 2.45) is 0 Å². The van der Waals surface area contributed by atoms with E-state index in [0.29, 0.717) is 17.3 Å². The molecule has 0 saturated carbocycles. The lowest BCUT2D eigenvalue weighted by Gasteiger charge is -2.18. The van der Waals surface area contributed by atoms with Crippen molar-refractivity contribution in [3.63, 3.8) is 0 Å². The summed E-state index contributed by atoms with van der Waals surface area (Å²) in [5, 5.41) is 6.17. The van der Waals surface area contributed by atoms with Crippen LogP contribution in [0.2, 0.25) is 5.02 Å². The number of hydrogen-bond donors (Lipinski definition) is 2. The van der Waals surface area contributed by atoms with E-state index < -0.39 is 6.04 Å². The molecule has 1 heterocycles. The number of halogens is 1. The number of carbonyl (C=O) groups is 2. The molecule has 30 heavy (non-hydrogen) atoms. The standard InChI is InChI=1S/C23H22ClN3O3/c1-16(28)25-21(17-7-3-2-4-8-17)13-22(29)26-19-11-12-23(30)27(15-19)14-18-9-5-6-10-20(18)24/h2-12,15,21H,13-14H2,1H3,(H,25,28)(H,26,29). The molecular weight excluding hydrogens is 402 g/mol. The largest absolute Gasteiger partial charge is 0.349 e. The fraction of sp³-hybridized carbons (Fsp3) is 0.174. The number of nitrogens with zero attached hydrogens (tertiary/aromatic N) is 1. The predicted molar refractivity (Wildman–Crippen MR) is 118 cm³/mol. The smallest absolute Gasteiger partial charge is 0.250 e. The molecule has 0 radical (unpaired) electrons. The van der Waals surface area contributed by atoms with Crippen LogP contribution in [0.3, 0.4) is 0 Å². The maximum absolute atomic E-state index is 12.6. The van der Waals surface area contributed by atoms with Gasteiger partial charge in [0.2, 0.25) is 11.8 Å². The fourth-order valence-corrected chi connectivity index (χ4v) is 3.31. The van der Waals surface area contributed by atoms with Gasteiger partial charge in [0.05, 0.1) is 24.7 Å². The van der Waals surface area contributed by atoms with E-state index in [0.717, 1.165) is 11.1 Å². The van der Waals surface area contributed by atoms with Crippen LogP contribution < -0.4 is 16.2 Å². The van der Waals surface area contributed by atoms with E-state index in [2.05, 4.69) is 10.6 Å². The first kappa shape index (κ1) is 21.3. The molecule has 2 amide bonds. The molecule has 7 heteroatoms. The van der Waals surface area contributed by atoms with Crippen LogP contribution in [-0.4, -0.2) is 16.4 Å². The maximum Gasteiger partial charge on any atom is 0.250 e. The minimum absolute atomic E-state index is 0.0627. The number of anilines is 1. The highest BCUT2D eigenvalue weighted by Gasteiger charge is 2.17. The molecule has 0 aliphatic carbocycles. The van der Waals surface area contributed by atoms with Gasteiger partial charge < -0.3 is 15.2 Å². The first-order chi connectivity index (χ1) is 14.4. The predicted octanol–water partition coefficient (Wildman–Crippen LogP) is 3.76. The Hall–Kier alpha value is -3.38. The van der Waals surface area contributed by atoms with Crippen molar-refractivity contribution >= 4 is 29.1 Å². The summed E-state index contributed by atoms with van der Waals surface area (Å²) < 4.78 is 1.49. The summed E-state index contributed by atoms with van der Waals surface area (Å²) in [6.45, 7) is 1.71. The zero-order valence-corrected chi connectivity index (χ0v) is 17.2. The third-order valence-electron chi connectivity index (χ3n) is 4.53. The maximum atomic E-state index is 12.6. The lowest BCUT2D eigenvalue weighted by Crippen LogP contribution is -2.30. The lowest BCUT2D eigenvalue weighted by molar-refractivity contribution is -0.120. The third kappa shape index (κ3) is 5.81. The van der Waals surface area contributed by atoms with E-state index in [4.69, 9.17) is 11.6 Å². The van der Waals surface area contributed by atoms with Crippen LogP contribution in [0, 0.1) is 0 Å². The minimum atomic E-state index is -0.447.